The highest BCUT2D eigenvalue weighted by molar-refractivity contribution is 5.27. The van der Waals surface area contributed by atoms with E-state index in [9.17, 15) is 5.11 Å². The van der Waals surface area contributed by atoms with E-state index in [1.165, 1.54) is 56.9 Å². The second-order valence-electron chi connectivity index (χ2n) is 6.02. The van der Waals surface area contributed by atoms with Crippen molar-refractivity contribution < 1.29 is 5.11 Å². The van der Waals surface area contributed by atoms with Crippen LogP contribution in [0.4, 0.5) is 0 Å². The molecule has 0 aromatic heterocycles. The van der Waals surface area contributed by atoms with Crippen LogP contribution in [0.3, 0.4) is 0 Å². The Morgan fingerprint density at radius 2 is 1.52 bits per heavy atom. The predicted octanol–water partition coefficient (Wildman–Crippen LogP) is 6.74. The average Bonchev–Trinajstić information content (AvgIpc) is 2.46. The van der Waals surface area contributed by atoms with Gasteiger partial charge in [-0.2, -0.15) is 0 Å². The van der Waals surface area contributed by atoms with Crippen LogP contribution in [0, 0.1) is 5.92 Å². The molecule has 1 aromatic rings. The number of hydrogen-bond donors (Lipinski definition) is 1. The standard InChI is InChI=1S/C15H24O.C5H12/c1-3-5-8-13(7-4-2)11-14-9-6-10-15(16)12-14;1-3-5-4-2/h6,9-10,12-13,16H,3-5,7-8,11H2,1-2H3;3-5H2,1-2H3. The monoisotopic (exact) mass is 292 g/mol. The zero-order chi connectivity index (χ0) is 15.9. The van der Waals surface area contributed by atoms with Gasteiger partial charge in [-0.25, -0.2) is 0 Å². The van der Waals surface area contributed by atoms with Gasteiger partial charge in [0.2, 0.25) is 0 Å². The Kier molecular flexibility index (Phi) is 13.3. The fraction of sp³-hybridized carbons (Fsp3) is 0.700. The zero-order valence-electron chi connectivity index (χ0n) is 14.7. The summed E-state index contributed by atoms with van der Waals surface area (Å²) in [6.07, 6.45) is 11.7. The molecule has 1 atom stereocenters. The van der Waals surface area contributed by atoms with Gasteiger partial charge in [0.1, 0.15) is 5.75 Å². The van der Waals surface area contributed by atoms with Crippen molar-refractivity contribution in [2.24, 2.45) is 5.92 Å². The molecule has 122 valence electrons. The van der Waals surface area contributed by atoms with E-state index >= 15 is 0 Å². The molecule has 1 rings (SSSR count). The molecule has 0 saturated carbocycles. The van der Waals surface area contributed by atoms with Gasteiger partial charge in [0.05, 0.1) is 0 Å². The summed E-state index contributed by atoms with van der Waals surface area (Å²) in [5.74, 6) is 1.18. The first kappa shape index (κ1) is 20.0. The maximum absolute atomic E-state index is 9.43. The van der Waals surface area contributed by atoms with E-state index in [1.54, 1.807) is 6.07 Å². The predicted molar refractivity (Wildman–Crippen MR) is 94.9 cm³/mol. The van der Waals surface area contributed by atoms with Crippen molar-refractivity contribution in [1.29, 1.82) is 0 Å². The minimum atomic E-state index is 0.392. The second kappa shape index (κ2) is 14.0. The van der Waals surface area contributed by atoms with E-state index in [0.717, 1.165) is 12.3 Å². The molecule has 0 amide bonds. The van der Waals surface area contributed by atoms with E-state index in [4.69, 9.17) is 0 Å². The third kappa shape index (κ3) is 11.4. The maximum atomic E-state index is 9.43. The first-order valence-corrected chi connectivity index (χ1v) is 8.95. The molecule has 0 aliphatic heterocycles. The summed E-state index contributed by atoms with van der Waals surface area (Å²) < 4.78 is 0. The first-order valence-electron chi connectivity index (χ1n) is 8.95. The van der Waals surface area contributed by atoms with Gasteiger partial charge in [-0.05, 0) is 30.0 Å². The van der Waals surface area contributed by atoms with Crippen LogP contribution < -0.4 is 0 Å². The lowest BCUT2D eigenvalue weighted by atomic mass is 9.90. The molecule has 0 aliphatic carbocycles. The smallest absolute Gasteiger partial charge is 0.115 e. The highest BCUT2D eigenvalue weighted by atomic mass is 16.3. The van der Waals surface area contributed by atoms with Crippen LogP contribution in [0.15, 0.2) is 24.3 Å². The molecule has 0 saturated heterocycles. The Balaban J connectivity index is 0.000000690. The lowest BCUT2D eigenvalue weighted by Gasteiger charge is -2.15. The van der Waals surface area contributed by atoms with Crippen molar-refractivity contribution >= 4 is 0 Å². The van der Waals surface area contributed by atoms with Gasteiger partial charge >= 0.3 is 0 Å². The minimum absolute atomic E-state index is 0.392. The summed E-state index contributed by atoms with van der Waals surface area (Å²) in [5, 5.41) is 9.43. The molecule has 0 heterocycles. The molecule has 1 heteroatoms. The fourth-order valence-electron chi connectivity index (χ4n) is 2.62. The van der Waals surface area contributed by atoms with Crippen LogP contribution in [-0.4, -0.2) is 5.11 Å². The summed E-state index contributed by atoms with van der Waals surface area (Å²) >= 11 is 0. The van der Waals surface area contributed by atoms with Crippen LogP contribution in [0.1, 0.15) is 84.6 Å². The van der Waals surface area contributed by atoms with Crippen molar-refractivity contribution in [2.45, 2.75) is 85.5 Å². The average molecular weight is 293 g/mol. The number of phenols is 1. The minimum Gasteiger partial charge on any atom is -0.508 e. The highest BCUT2D eigenvalue weighted by Gasteiger charge is 2.08. The summed E-state index contributed by atoms with van der Waals surface area (Å²) in [6.45, 7) is 8.92. The van der Waals surface area contributed by atoms with Crippen molar-refractivity contribution in [3.05, 3.63) is 29.8 Å². The van der Waals surface area contributed by atoms with E-state index in [2.05, 4.69) is 33.8 Å². The quantitative estimate of drug-likeness (QED) is 0.534. The van der Waals surface area contributed by atoms with Crippen LogP contribution in [-0.2, 0) is 6.42 Å². The van der Waals surface area contributed by atoms with Crippen molar-refractivity contribution in [1.82, 2.24) is 0 Å². The lowest BCUT2D eigenvalue weighted by molar-refractivity contribution is 0.425. The van der Waals surface area contributed by atoms with Crippen LogP contribution in [0.5, 0.6) is 5.75 Å². The molecule has 0 bridgehead atoms. The van der Waals surface area contributed by atoms with Gasteiger partial charge in [0, 0.05) is 0 Å². The van der Waals surface area contributed by atoms with Gasteiger partial charge in [-0.3, -0.25) is 0 Å². The number of rotatable bonds is 9. The number of aromatic hydroxyl groups is 1. The van der Waals surface area contributed by atoms with Gasteiger partial charge in [0.15, 0.2) is 0 Å². The summed E-state index contributed by atoms with van der Waals surface area (Å²) in [4.78, 5) is 0. The Morgan fingerprint density at radius 1 is 0.857 bits per heavy atom. The molecule has 21 heavy (non-hydrogen) atoms. The molecular weight excluding hydrogens is 256 g/mol. The fourth-order valence-corrected chi connectivity index (χ4v) is 2.62. The molecule has 1 nitrogen and oxygen atoms in total. The van der Waals surface area contributed by atoms with E-state index in [1.807, 2.05) is 12.1 Å². The van der Waals surface area contributed by atoms with Crippen LogP contribution in [0.2, 0.25) is 0 Å². The van der Waals surface area contributed by atoms with Crippen molar-refractivity contribution in [3.8, 4) is 5.75 Å². The first-order chi connectivity index (χ1) is 10.2. The third-order valence-electron chi connectivity index (χ3n) is 3.80. The van der Waals surface area contributed by atoms with E-state index in [-0.39, 0.29) is 0 Å². The number of benzene rings is 1. The van der Waals surface area contributed by atoms with Crippen molar-refractivity contribution in [2.75, 3.05) is 0 Å². The molecule has 0 aliphatic rings. The molecule has 1 aromatic carbocycles. The zero-order valence-corrected chi connectivity index (χ0v) is 14.7. The van der Waals surface area contributed by atoms with Crippen LogP contribution in [0.25, 0.3) is 0 Å². The molecular formula is C20H36O. The number of unbranched alkanes of at least 4 members (excludes halogenated alkanes) is 3. The summed E-state index contributed by atoms with van der Waals surface area (Å²) in [7, 11) is 0. The third-order valence-corrected chi connectivity index (χ3v) is 3.80. The van der Waals surface area contributed by atoms with Crippen LogP contribution >= 0.6 is 0 Å². The summed E-state index contributed by atoms with van der Waals surface area (Å²) in [6, 6.07) is 7.70. The largest absolute Gasteiger partial charge is 0.508 e. The number of phenolic OH excluding ortho intramolecular Hbond substituents is 1. The van der Waals surface area contributed by atoms with Gasteiger partial charge in [-0.1, -0.05) is 91.2 Å². The van der Waals surface area contributed by atoms with Gasteiger partial charge in [-0.15, -0.1) is 0 Å². The Bertz CT molecular complexity index is 330. The Morgan fingerprint density at radius 3 is 2.00 bits per heavy atom. The van der Waals surface area contributed by atoms with Gasteiger partial charge < -0.3 is 5.11 Å². The second-order valence-corrected chi connectivity index (χ2v) is 6.02. The van der Waals surface area contributed by atoms with E-state index in [0.29, 0.717) is 5.75 Å². The molecule has 0 fully saturated rings. The number of hydrogen-bond acceptors (Lipinski definition) is 1. The molecule has 1 N–H and O–H groups in total. The van der Waals surface area contributed by atoms with E-state index < -0.39 is 0 Å². The highest BCUT2D eigenvalue weighted by Crippen LogP contribution is 2.22. The molecule has 0 radical (unpaired) electrons. The Hall–Kier alpha value is -0.980. The normalized spacial score (nSPS) is 11.6. The lowest BCUT2D eigenvalue weighted by Crippen LogP contribution is -2.04. The SMILES string of the molecule is CCCCC.CCCCC(CCC)Cc1cccc(O)c1. The maximum Gasteiger partial charge on any atom is 0.115 e. The summed E-state index contributed by atoms with van der Waals surface area (Å²) in [5.41, 5.74) is 1.27. The topological polar surface area (TPSA) is 20.2 Å². The van der Waals surface area contributed by atoms with Crippen molar-refractivity contribution in [3.63, 3.8) is 0 Å². The van der Waals surface area contributed by atoms with Gasteiger partial charge in [0.25, 0.3) is 0 Å². The molecule has 1 unspecified atom stereocenters. The Labute approximate surface area is 132 Å². The molecule has 0 spiro atoms.